The van der Waals surface area contributed by atoms with Crippen molar-refractivity contribution in [2.24, 2.45) is 0 Å². The van der Waals surface area contributed by atoms with E-state index in [0.29, 0.717) is 0 Å². The molecule has 1 unspecified atom stereocenters. The first-order valence-corrected chi connectivity index (χ1v) is 17.9. The van der Waals surface area contributed by atoms with Gasteiger partial charge in [0.05, 0.1) is 6.10 Å². The molecule has 0 saturated heterocycles. The van der Waals surface area contributed by atoms with Crippen LogP contribution in [0, 0.1) is 0 Å². The molecule has 0 bridgehead atoms. The van der Waals surface area contributed by atoms with Crippen molar-refractivity contribution in [3.05, 3.63) is 59.7 Å². The molecule has 0 saturated carbocycles. The van der Waals surface area contributed by atoms with E-state index in [9.17, 15) is 9.90 Å². The minimum Gasteiger partial charge on any atom is -1.00 e. The molecule has 0 aromatic heterocycles. The third-order valence-corrected chi connectivity index (χ3v) is 15.7. The van der Waals surface area contributed by atoms with Gasteiger partial charge in [-0.1, -0.05) is 53.7 Å². The molecular weight excluding hydrogens is 490 g/mol. The van der Waals surface area contributed by atoms with Crippen LogP contribution < -0.4 is 38.4 Å². The quantitative estimate of drug-likeness (QED) is 0.410. The van der Waals surface area contributed by atoms with E-state index in [1.165, 1.54) is 0 Å². The Morgan fingerprint density at radius 2 is 1.08 bits per heavy atom. The first-order chi connectivity index (χ1) is 15.3. The number of Topliss-reactive ketones (excluding diaryl/α,β-unsaturated/α-hetero) is 1. The van der Waals surface area contributed by atoms with E-state index in [-0.39, 0.29) is 55.3 Å². The van der Waals surface area contributed by atoms with Crippen LogP contribution in [0.1, 0.15) is 78.8 Å². The van der Waals surface area contributed by atoms with Gasteiger partial charge in [0.15, 0.2) is 5.78 Å². The van der Waals surface area contributed by atoms with E-state index in [2.05, 4.69) is 67.7 Å². The van der Waals surface area contributed by atoms with E-state index >= 15 is 0 Å². The Balaban J connectivity index is -0.000000578. The molecule has 0 amide bonds. The molecule has 0 spiro atoms. The van der Waals surface area contributed by atoms with Crippen molar-refractivity contribution in [1.82, 2.24) is 0 Å². The monoisotopic (exact) mass is 537 g/mol. The number of hydrogen-bond donors (Lipinski definition) is 1. The molecule has 3 radical (unpaired) electrons. The summed E-state index contributed by atoms with van der Waals surface area (Å²) >= 11 is 0. The third-order valence-electron chi connectivity index (χ3n) is 6.98. The third kappa shape index (κ3) is 11.3. The maximum Gasteiger partial charge on any atom is 1.00 e. The molecule has 0 aliphatic rings. The van der Waals surface area contributed by atoms with E-state index in [1.807, 2.05) is 48.5 Å². The number of carbonyl (C=O) groups is 1. The van der Waals surface area contributed by atoms with Crippen molar-refractivity contribution in [2.75, 3.05) is 0 Å². The maximum absolute atomic E-state index is 11.2. The van der Waals surface area contributed by atoms with Gasteiger partial charge in [-0.25, -0.2) is 0 Å². The van der Waals surface area contributed by atoms with Gasteiger partial charge in [0.1, 0.15) is 11.5 Å². The number of hydrogen-bond acceptors (Lipinski definition) is 4. The molecule has 8 heteroatoms. The van der Waals surface area contributed by atoms with Gasteiger partial charge >= 0.3 is 29.6 Å². The van der Waals surface area contributed by atoms with Crippen LogP contribution in [0.25, 0.3) is 0 Å². The van der Waals surface area contributed by atoms with Crippen LogP contribution in [0.3, 0.4) is 0 Å². The zero-order valence-electron chi connectivity index (χ0n) is 25.9. The van der Waals surface area contributed by atoms with Crippen molar-refractivity contribution < 1.29 is 49.7 Å². The van der Waals surface area contributed by atoms with E-state index in [4.69, 9.17) is 8.85 Å². The minimum absolute atomic E-state index is 0. The molecule has 4 nitrogen and oxygen atoms in total. The molecule has 36 heavy (non-hydrogen) atoms. The number of carbonyl (C=O) groups excluding carboxylic acids is 1. The second-order valence-electron chi connectivity index (χ2n) is 12.1. The van der Waals surface area contributed by atoms with Crippen molar-refractivity contribution >= 4 is 30.8 Å². The Kier molecular flexibility index (Phi) is 14.9. The van der Waals surface area contributed by atoms with Crippen molar-refractivity contribution in [3.63, 3.8) is 0 Å². The maximum atomic E-state index is 11.2. The van der Waals surface area contributed by atoms with Gasteiger partial charge in [-0.15, -0.1) is 0 Å². The van der Waals surface area contributed by atoms with Gasteiger partial charge in [-0.05, 0) is 92.1 Å². The summed E-state index contributed by atoms with van der Waals surface area (Å²) in [5.74, 6) is 1.85. The largest absolute Gasteiger partial charge is 1.00 e. The fraction of sp³-hybridized carbons (Fsp3) is 0.536. The fourth-order valence-corrected chi connectivity index (χ4v) is 4.53. The molecule has 195 valence electrons. The van der Waals surface area contributed by atoms with Crippen LogP contribution in [0.4, 0.5) is 0 Å². The van der Waals surface area contributed by atoms with Crippen LogP contribution in [0.5, 0.6) is 11.5 Å². The summed E-state index contributed by atoms with van der Waals surface area (Å²) in [6, 6.07) is 15.2. The number of benzene rings is 2. The zero-order valence-corrected chi connectivity index (χ0v) is 28.9. The predicted octanol–water partition coefficient (Wildman–Crippen LogP) is 5.13. The molecular formula is C28H47BNaO4Si2. The molecule has 0 aliphatic heterocycles. The summed E-state index contributed by atoms with van der Waals surface area (Å²) in [6.07, 6.45) is -0.420. The number of aliphatic hydroxyl groups is 1. The molecule has 0 fully saturated rings. The average molecular weight is 538 g/mol. The van der Waals surface area contributed by atoms with Gasteiger partial charge in [0.25, 0.3) is 0 Å². The topological polar surface area (TPSA) is 55.8 Å². The van der Waals surface area contributed by atoms with Gasteiger partial charge in [0, 0.05) is 14.0 Å². The van der Waals surface area contributed by atoms with E-state index < -0.39 is 22.7 Å². The summed E-state index contributed by atoms with van der Waals surface area (Å²) in [5.41, 5.74) is 1.65. The van der Waals surface area contributed by atoms with Crippen LogP contribution in [0.2, 0.25) is 36.3 Å². The van der Waals surface area contributed by atoms with E-state index in [1.54, 1.807) is 13.8 Å². The SMILES string of the molecule is CC(=O)c1ccc(O[Si](C)(C)C(C)(C)C)cc1.CC(O)c1ccc(O[Si](C)(C)C(C)(C)C)cc1.[B].[H-].[Na+]. The first-order valence-electron chi connectivity index (χ1n) is 12.0. The first kappa shape index (κ1) is 37.3. The summed E-state index contributed by atoms with van der Waals surface area (Å²) in [5, 5.41) is 9.84. The molecule has 0 heterocycles. The van der Waals surface area contributed by atoms with Gasteiger partial charge in [0.2, 0.25) is 16.6 Å². The van der Waals surface area contributed by atoms with Crippen LogP contribution in [-0.2, 0) is 0 Å². The fourth-order valence-electron chi connectivity index (χ4n) is 2.47. The Morgan fingerprint density at radius 3 is 1.33 bits per heavy atom. The summed E-state index contributed by atoms with van der Waals surface area (Å²) < 4.78 is 12.3. The Morgan fingerprint density at radius 1 is 0.778 bits per heavy atom. The Labute approximate surface area is 248 Å². The van der Waals surface area contributed by atoms with Gasteiger partial charge < -0.3 is 15.4 Å². The van der Waals surface area contributed by atoms with Gasteiger partial charge in [-0.2, -0.15) is 0 Å². The van der Waals surface area contributed by atoms with Crippen molar-refractivity contribution in [2.45, 2.75) is 97.8 Å². The molecule has 0 aliphatic carbocycles. The molecule has 2 aromatic rings. The standard InChI is InChI=1S/C14H24O2Si.C14H22O2Si.B.Na.H/c2*1-11(15)12-7-9-13(10-8-12)16-17(5,6)14(2,3)4;;;/h7-11,15H,1-6H3;7-10H,1-6H3;;;/q;;;+1;-1. The van der Waals surface area contributed by atoms with Crippen LogP contribution in [-0.4, -0.2) is 35.9 Å². The molecule has 1 N–H and O–H groups in total. The number of rotatable bonds is 6. The average Bonchev–Trinajstić information content (AvgIpc) is 2.67. The summed E-state index contributed by atoms with van der Waals surface area (Å²) in [4.78, 5) is 11.2. The number of ketones is 1. The second-order valence-corrected chi connectivity index (χ2v) is 21.5. The smallest absolute Gasteiger partial charge is 1.00 e. The van der Waals surface area contributed by atoms with Crippen LogP contribution in [0.15, 0.2) is 48.5 Å². The summed E-state index contributed by atoms with van der Waals surface area (Å²) in [6.45, 7) is 25.5. The summed E-state index contributed by atoms with van der Waals surface area (Å²) in [7, 11) is -3.53. The van der Waals surface area contributed by atoms with Crippen molar-refractivity contribution in [3.8, 4) is 11.5 Å². The second kappa shape index (κ2) is 14.4. The Bertz CT molecular complexity index is 937. The Hall–Kier alpha value is -0.831. The zero-order chi connectivity index (χ0) is 26.5. The minimum atomic E-state index is -1.78. The van der Waals surface area contributed by atoms with E-state index in [0.717, 1.165) is 22.6 Å². The number of aliphatic hydroxyl groups excluding tert-OH is 1. The molecule has 2 rings (SSSR count). The molecule has 2 aromatic carbocycles. The normalized spacial score (nSPS) is 12.7. The molecule has 1 atom stereocenters. The van der Waals surface area contributed by atoms with Gasteiger partial charge in [-0.3, -0.25) is 4.79 Å². The predicted molar refractivity (Wildman–Crippen MR) is 156 cm³/mol. The van der Waals surface area contributed by atoms with Crippen molar-refractivity contribution in [1.29, 1.82) is 0 Å². The van der Waals surface area contributed by atoms with Crippen LogP contribution >= 0.6 is 0 Å².